The number of fused-ring (bicyclic) bond motifs is 1. The fraction of sp³-hybridized carbons (Fsp3) is 0.296. The molecule has 2 aliphatic rings. The topological polar surface area (TPSA) is 63.6 Å². The number of anilines is 1. The van der Waals surface area contributed by atoms with Gasteiger partial charge in [-0.3, -0.25) is 14.5 Å². The summed E-state index contributed by atoms with van der Waals surface area (Å²) < 4.78 is 8.12. The average Bonchev–Trinajstić information content (AvgIpc) is 3.57. The molecule has 35 heavy (non-hydrogen) atoms. The Hall–Kier alpha value is -2.94. The fourth-order valence-electron chi connectivity index (χ4n) is 4.64. The number of aryl methyl sites for hydroxylation is 1. The second-order valence-corrected chi connectivity index (χ2v) is 10.3. The molecule has 8 heteroatoms. The highest BCUT2D eigenvalue weighted by Crippen LogP contribution is 2.37. The third kappa shape index (κ3) is 4.91. The van der Waals surface area contributed by atoms with Crippen LogP contribution in [0.1, 0.15) is 30.9 Å². The average molecular weight is 506 g/mol. The molecule has 0 unspecified atom stereocenters. The van der Waals surface area contributed by atoms with Gasteiger partial charge in [0.25, 0.3) is 5.91 Å². The van der Waals surface area contributed by atoms with Crippen molar-refractivity contribution in [2.24, 2.45) is 0 Å². The van der Waals surface area contributed by atoms with Gasteiger partial charge in [-0.05, 0) is 43.0 Å². The van der Waals surface area contributed by atoms with Crippen molar-refractivity contribution in [3.63, 3.8) is 0 Å². The van der Waals surface area contributed by atoms with Crippen molar-refractivity contribution >= 4 is 62.8 Å². The number of rotatable bonds is 7. The van der Waals surface area contributed by atoms with Crippen LogP contribution in [0.4, 0.5) is 5.69 Å². The maximum atomic E-state index is 13.2. The van der Waals surface area contributed by atoms with Crippen LogP contribution in [-0.4, -0.2) is 40.0 Å². The van der Waals surface area contributed by atoms with Crippen LogP contribution in [0.25, 0.3) is 17.0 Å². The fourth-order valence-corrected chi connectivity index (χ4v) is 5.93. The first kappa shape index (κ1) is 23.8. The number of hydrogen-bond donors (Lipinski definition) is 1. The monoisotopic (exact) mass is 505 g/mol. The number of para-hydroxylation sites is 2. The number of benzene rings is 2. The summed E-state index contributed by atoms with van der Waals surface area (Å²) in [5, 5.41) is 4.03. The summed E-state index contributed by atoms with van der Waals surface area (Å²) in [6.45, 7) is 3.61. The van der Waals surface area contributed by atoms with Gasteiger partial charge in [0.1, 0.15) is 6.54 Å². The van der Waals surface area contributed by atoms with Gasteiger partial charge in [0.15, 0.2) is 4.32 Å². The first-order chi connectivity index (χ1) is 17.0. The summed E-state index contributed by atoms with van der Waals surface area (Å²) >= 11 is 6.83. The lowest BCUT2D eigenvalue weighted by atomic mass is 10.1. The number of hydrogen-bond acceptors (Lipinski definition) is 5. The zero-order valence-electron chi connectivity index (χ0n) is 19.5. The molecule has 3 aromatic rings. The van der Waals surface area contributed by atoms with Crippen molar-refractivity contribution < 1.29 is 14.3 Å². The zero-order chi connectivity index (χ0) is 24.4. The third-order valence-corrected chi connectivity index (χ3v) is 7.66. The molecule has 2 saturated heterocycles. The van der Waals surface area contributed by atoms with Crippen LogP contribution in [0.2, 0.25) is 0 Å². The summed E-state index contributed by atoms with van der Waals surface area (Å²) in [5.74, 6) is -0.182. The Labute approximate surface area is 214 Å². The molecule has 0 radical (unpaired) electrons. The number of thiocarbonyl (C=S) groups is 1. The van der Waals surface area contributed by atoms with Gasteiger partial charge in [0.2, 0.25) is 5.91 Å². The van der Waals surface area contributed by atoms with Crippen LogP contribution >= 0.6 is 24.0 Å². The van der Waals surface area contributed by atoms with Crippen molar-refractivity contribution in [2.75, 3.05) is 18.1 Å². The zero-order valence-corrected chi connectivity index (χ0v) is 21.2. The standard InChI is InChI=1S/C27H27N3O3S2/c1-2-18-8-6-12-22-19(14-23-26(32)30(27(34)35-23)20-9-4-3-5-10-20)16-29(25(18)22)17-24(31)28-15-21-11-7-13-33-21/h3-6,8-10,12,14,16,21H,2,7,11,13,15,17H2,1H3,(H,28,31)/b23-14-/t21-/m1/s1. The summed E-state index contributed by atoms with van der Waals surface area (Å²) in [6.07, 6.45) is 6.83. The molecule has 180 valence electrons. The van der Waals surface area contributed by atoms with Gasteiger partial charge < -0.3 is 14.6 Å². The molecular formula is C27H27N3O3S2. The summed E-state index contributed by atoms with van der Waals surface area (Å²) in [7, 11) is 0. The van der Waals surface area contributed by atoms with Crippen molar-refractivity contribution in [2.45, 2.75) is 38.8 Å². The van der Waals surface area contributed by atoms with Crippen LogP contribution in [0.3, 0.4) is 0 Å². The second kappa shape index (κ2) is 10.4. The number of amides is 2. The molecular weight excluding hydrogens is 478 g/mol. The maximum Gasteiger partial charge on any atom is 0.270 e. The molecule has 2 fully saturated rings. The van der Waals surface area contributed by atoms with E-state index < -0.39 is 0 Å². The first-order valence-corrected chi connectivity index (χ1v) is 13.1. The number of nitrogens with one attached hydrogen (secondary N) is 1. The van der Waals surface area contributed by atoms with Gasteiger partial charge in [0, 0.05) is 30.3 Å². The summed E-state index contributed by atoms with van der Waals surface area (Å²) in [5.41, 5.74) is 3.84. The van der Waals surface area contributed by atoms with E-state index in [-0.39, 0.29) is 24.5 Å². The number of nitrogens with zero attached hydrogens (tertiary/aromatic N) is 2. The molecule has 2 aliphatic heterocycles. The molecule has 0 aliphatic carbocycles. The molecule has 2 aromatic carbocycles. The summed E-state index contributed by atoms with van der Waals surface area (Å²) in [4.78, 5) is 28.2. The van der Waals surface area contributed by atoms with Crippen molar-refractivity contribution in [1.82, 2.24) is 9.88 Å². The van der Waals surface area contributed by atoms with Crippen LogP contribution in [0.15, 0.2) is 59.6 Å². The lowest BCUT2D eigenvalue weighted by Crippen LogP contribution is -2.34. The Morgan fingerprint density at radius 3 is 2.80 bits per heavy atom. The Morgan fingerprint density at radius 1 is 1.23 bits per heavy atom. The lowest BCUT2D eigenvalue weighted by Gasteiger charge is -2.13. The third-order valence-electron chi connectivity index (χ3n) is 6.35. The van der Waals surface area contributed by atoms with Crippen molar-refractivity contribution in [3.05, 3.63) is 70.8 Å². The quantitative estimate of drug-likeness (QED) is 0.365. The molecule has 0 bridgehead atoms. The van der Waals surface area contributed by atoms with Crippen molar-refractivity contribution in [3.8, 4) is 0 Å². The van der Waals surface area contributed by atoms with Crippen LogP contribution in [0.5, 0.6) is 0 Å². The Morgan fingerprint density at radius 2 is 2.06 bits per heavy atom. The Kier molecular flexibility index (Phi) is 7.04. The van der Waals surface area contributed by atoms with Crippen LogP contribution < -0.4 is 10.2 Å². The minimum Gasteiger partial charge on any atom is -0.376 e. The molecule has 1 aromatic heterocycles. The molecule has 6 nitrogen and oxygen atoms in total. The van der Waals surface area contributed by atoms with E-state index in [1.54, 1.807) is 4.90 Å². The van der Waals surface area contributed by atoms with Gasteiger partial charge in [0.05, 0.1) is 22.2 Å². The second-order valence-electron chi connectivity index (χ2n) is 8.67. The van der Waals surface area contributed by atoms with E-state index in [9.17, 15) is 9.59 Å². The Balaban J connectivity index is 1.44. The maximum absolute atomic E-state index is 13.2. The predicted octanol–water partition coefficient (Wildman–Crippen LogP) is 4.90. The molecule has 2 amide bonds. The number of carbonyl (C=O) groups is 2. The molecule has 5 rings (SSSR count). The van der Waals surface area contributed by atoms with E-state index >= 15 is 0 Å². The molecule has 1 N–H and O–H groups in total. The highest BCUT2D eigenvalue weighted by Gasteiger charge is 2.33. The highest BCUT2D eigenvalue weighted by molar-refractivity contribution is 8.27. The van der Waals surface area contributed by atoms with E-state index in [0.717, 1.165) is 53.6 Å². The van der Waals surface area contributed by atoms with E-state index in [1.165, 1.54) is 11.8 Å². The predicted molar refractivity (Wildman–Crippen MR) is 145 cm³/mol. The van der Waals surface area contributed by atoms with Gasteiger partial charge in [-0.25, -0.2) is 0 Å². The van der Waals surface area contributed by atoms with Crippen LogP contribution in [0, 0.1) is 0 Å². The van der Waals surface area contributed by atoms with E-state index in [0.29, 0.717) is 15.8 Å². The molecule has 3 heterocycles. The Bertz CT molecular complexity index is 1310. The largest absolute Gasteiger partial charge is 0.376 e. The number of carbonyl (C=O) groups excluding carboxylic acids is 2. The lowest BCUT2D eigenvalue weighted by molar-refractivity contribution is -0.122. The SMILES string of the molecule is CCc1cccc2c(/C=C3\SC(=S)N(c4ccccc4)C3=O)cn(CC(=O)NC[C@H]3CCCO3)c12. The number of ether oxygens (including phenoxy) is 1. The molecule has 0 saturated carbocycles. The minimum absolute atomic E-state index is 0.0507. The van der Waals surface area contributed by atoms with Crippen molar-refractivity contribution in [1.29, 1.82) is 0 Å². The molecule has 0 spiro atoms. The van der Waals surface area contributed by atoms with E-state index in [1.807, 2.05) is 59.3 Å². The van der Waals surface area contributed by atoms with Gasteiger partial charge in [-0.2, -0.15) is 0 Å². The minimum atomic E-state index is -0.131. The summed E-state index contributed by atoms with van der Waals surface area (Å²) in [6, 6.07) is 15.6. The van der Waals surface area contributed by atoms with Crippen LogP contribution in [-0.2, 0) is 27.3 Å². The van der Waals surface area contributed by atoms with E-state index in [4.69, 9.17) is 17.0 Å². The van der Waals surface area contributed by atoms with E-state index in [2.05, 4.69) is 18.3 Å². The number of thioether (sulfide) groups is 1. The highest BCUT2D eigenvalue weighted by atomic mass is 32.2. The first-order valence-electron chi connectivity index (χ1n) is 11.9. The normalized spacial score (nSPS) is 19.3. The van der Waals surface area contributed by atoms with Gasteiger partial charge in [-0.1, -0.05) is 67.3 Å². The number of aromatic nitrogens is 1. The van der Waals surface area contributed by atoms with Gasteiger partial charge >= 0.3 is 0 Å². The molecule has 1 atom stereocenters. The van der Waals surface area contributed by atoms with Gasteiger partial charge in [-0.15, -0.1) is 0 Å². The smallest absolute Gasteiger partial charge is 0.270 e.